The maximum atomic E-state index is 12.1. The summed E-state index contributed by atoms with van der Waals surface area (Å²) in [5.74, 6) is 0.288. The number of hydrogen-bond acceptors (Lipinski definition) is 4. The van der Waals surface area contributed by atoms with Crippen molar-refractivity contribution in [2.45, 2.75) is 39.2 Å². The van der Waals surface area contributed by atoms with Gasteiger partial charge in [-0.25, -0.2) is 4.98 Å². The van der Waals surface area contributed by atoms with Crippen LogP contribution in [0.5, 0.6) is 0 Å². The van der Waals surface area contributed by atoms with E-state index in [0.29, 0.717) is 12.5 Å². The van der Waals surface area contributed by atoms with Crippen molar-refractivity contribution in [3.63, 3.8) is 0 Å². The normalized spacial score (nSPS) is 20.1. The molecule has 0 aromatic carbocycles. The number of carbonyl (C=O) groups is 1. The van der Waals surface area contributed by atoms with E-state index in [-0.39, 0.29) is 5.91 Å². The maximum absolute atomic E-state index is 12.1. The quantitative estimate of drug-likeness (QED) is 0.901. The Labute approximate surface area is 112 Å². The van der Waals surface area contributed by atoms with Crippen LogP contribution in [0, 0.1) is 6.92 Å². The van der Waals surface area contributed by atoms with E-state index < -0.39 is 0 Å². The molecule has 1 unspecified atom stereocenters. The Morgan fingerprint density at radius 3 is 3.17 bits per heavy atom. The Bertz CT molecular complexity index is 405. The average molecular weight is 267 g/mol. The number of piperazine rings is 1. The average Bonchev–Trinajstić information content (AvgIpc) is 2.75. The zero-order chi connectivity index (χ0) is 13.0. The van der Waals surface area contributed by atoms with E-state index >= 15 is 0 Å². The lowest BCUT2D eigenvalue weighted by Gasteiger charge is -2.34. The molecule has 1 aliphatic heterocycles. The van der Waals surface area contributed by atoms with E-state index in [1.165, 1.54) is 0 Å². The highest BCUT2D eigenvalue weighted by atomic mass is 32.1. The van der Waals surface area contributed by atoms with Gasteiger partial charge >= 0.3 is 0 Å². The third-order valence-corrected chi connectivity index (χ3v) is 4.13. The monoisotopic (exact) mass is 267 g/mol. The molecule has 0 bridgehead atoms. The highest BCUT2D eigenvalue weighted by molar-refractivity contribution is 7.09. The predicted molar refractivity (Wildman–Crippen MR) is 73.8 cm³/mol. The van der Waals surface area contributed by atoms with Crippen LogP contribution in [0.25, 0.3) is 0 Å². The van der Waals surface area contributed by atoms with Crippen molar-refractivity contribution < 1.29 is 4.79 Å². The molecule has 1 fully saturated rings. The second-order valence-corrected chi connectivity index (χ2v) is 5.91. The third-order valence-electron chi connectivity index (χ3n) is 3.31. The number of carbonyl (C=O) groups excluding carboxylic acids is 1. The van der Waals surface area contributed by atoms with Gasteiger partial charge in [0.1, 0.15) is 0 Å². The topological polar surface area (TPSA) is 45.2 Å². The first kappa shape index (κ1) is 13.5. The van der Waals surface area contributed by atoms with Crippen LogP contribution >= 0.6 is 11.3 Å². The van der Waals surface area contributed by atoms with Crippen LogP contribution in [-0.4, -0.2) is 41.5 Å². The van der Waals surface area contributed by atoms with E-state index in [9.17, 15) is 4.79 Å². The molecule has 5 heteroatoms. The highest BCUT2D eigenvalue weighted by Gasteiger charge is 2.22. The fourth-order valence-electron chi connectivity index (χ4n) is 2.30. The Morgan fingerprint density at radius 2 is 2.50 bits per heavy atom. The van der Waals surface area contributed by atoms with Gasteiger partial charge in [-0.05, 0) is 26.7 Å². The number of thiazole rings is 1. The molecule has 1 saturated heterocycles. The lowest BCUT2D eigenvalue weighted by molar-refractivity contribution is -0.134. The van der Waals surface area contributed by atoms with Crippen LogP contribution in [-0.2, 0) is 11.2 Å². The largest absolute Gasteiger partial charge is 0.337 e. The second-order valence-electron chi connectivity index (χ2n) is 4.85. The molecule has 0 spiro atoms. The fraction of sp³-hybridized carbons (Fsp3) is 0.692. The summed E-state index contributed by atoms with van der Waals surface area (Å²) >= 11 is 1.68. The van der Waals surface area contributed by atoms with E-state index in [0.717, 1.165) is 43.2 Å². The first-order chi connectivity index (χ1) is 8.66. The van der Waals surface area contributed by atoms with Gasteiger partial charge in [-0.2, -0.15) is 0 Å². The van der Waals surface area contributed by atoms with E-state index in [1.54, 1.807) is 11.3 Å². The second kappa shape index (κ2) is 6.29. The van der Waals surface area contributed by atoms with Crippen molar-refractivity contribution in [1.82, 2.24) is 15.2 Å². The zero-order valence-electron chi connectivity index (χ0n) is 11.1. The van der Waals surface area contributed by atoms with Gasteiger partial charge in [-0.3, -0.25) is 4.79 Å². The van der Waals surface area contributed by atoms with Gasteiger partial charge in [0.15, 0.2) is 0 Å². The number of nitrogens with zero attached hydrogens (tertiary/aromatic N) is 2. The summed E-state index contributed by atoms with van der Waals surface area (Å²) in [7, 11) is 0. The van der Waals surface area contributed by atoms with E-state index in [4.69, 9.17) is 0 Å². The van der Waals surface area contributed by atoms with E-state index in [1.807, 2.05) is 11.8 Å². The summed E-state index contributed by atoms with van der Waals surface area (Å²) in [5, 5.41) is 6.50. The predicted octanol–water partition coefficient (Wildman–Crippen LogP) is 1.59. The molecule has 1 N–H and O–H groups in total. The molecule has 0 aliphatic carbocycles. The number of hydrogen-bond donors (Lipinski definition) is 1. The SMILES string of the molecule is Cc1nc(CCCC(=O)N2CCNCC2C)cs1. The fourth-order valence-corrected chi connectivity index (χ4v) is 2.95. The minimum atomic E-state index is 0.288. The van der Waals surface area contributed by atoms with Crippen molar-refractivity contribution >= 4 is 17.2 Å². The molecule has 1 amide bonds. The molecule has 18 heavy (non-hydrogen) atoms. The van der Waals surface area contributed by atoms with Crippen molar-refractivity contribution in [2.24, 2.45) is 0 Å². The van der Waals surface area contributed by atoms with Gasteiger partial charge in [-0.15, -0.1) is 11.3 Å². The number of nitrogens with one attached hydrogen (secondary N) is 1. The molecule has 1 aliphatic rings. The molecule has 1 atom stereocenters. The molecule has 0 radical (unpaired) electrons. The molecule has 2 rings (SSSR count). The molecule has 2 heterocycles. The van der Waals surface area contributed by atoms with Gasteiger partial charge in [0.25, 0.3) is 0 Å². The minimum absolute atomic E-state index is 0.288. The summed E-state index contributed by atoms with van der Waals surface area (Å²) in [6, 6.07) is 0.327. The van der Waals surface area contributed by atoms with E-state index in [2.05, 4.69) is 22.6 Å². The van der Waals surface area contributed by atoms with Gasteiger partial charge in [0.05, 0.1) is 10.7 Å². The Balaban J connectivity index is 1.74. The van der Waals surface area contributed by atoms with Crippen LogP contribution < -0.4 is 5.32 Å². The van der Waals surface area contributed by atoms with Crippen molar-refractivity contribution in [3.8, 4) is 0 Å². The van der Waals surface area contributed by atoms with Crippen molar-refractivity contribution in [3.05, 3.63) is 16.1 Å². The summed E-state index contributed by atoms with van der Waals surface area (Å²) in [6.45, 7) is 6.80. The summed E-state index contributed by atoms with van der Waals surface area (Å²) in [5.41, 5.74) is 1.12. The summed E-state index contributed by atoms with van der Waals surface area (Å²) in [4.78, 5) is 18.5. The Morgan fingerprint density at radius 1 is 1.67 bits per heavy atom. The summed E-state index contributed by atoms with van der Waals surface area (Å²) in [6.07, 6.45) is 2.45. The van der Waals surface area contributed by atoms with Gasteiger partial charge in [0.2, 0.25) is 5.91 Å². The lowest BCUT2D eigenvalue weighted by Crippen LogP contribution is -2.52. The molecule has 100 valence electrons. The molecule has 1 aromatic rings. The molecule has 0 saturated carbocycles. The smallest absolute Gasteiger partial charge is 0.222 e. The first-order valence-electron chi connectivity index (χ1n) is 6.58. The number of amides is 1. The zero-order valence-corrected chi connectivity index (χ0v) is 11.9. The van der Waals surface area contributed by atoms with Crippen LogP contribution in [0.15, 0.2) is 5.38 Å². The van der Waals surface area contributed by atoms with Crippen LogP contribution in [0.3, 0.4) is 0 Å². The van der Waals surface area contributed by atoms with Gasteiger partial charge in [0, 0.05) is 37.5 Å². The Hall–Kier alpha value is -0.940. The molecule has 1 aromatic heterocycles. The summed E-state index contributed by atoms with van der Waals surface area (Å²) < 4.78 is 0. The third kappa shape index (κ3) is 3.53. The van der Waals surface area contributed by atoms with Crippen LogP contribution in [0.2, 0.25) is 0 Å². The van der Waals surface area contributed by atoms with Crippen LogP contribution in [0.4, 0.5) is 0 Å². The minimum Gasteiger partial charge on any atom is -0.337 e. The van der Waals surface area contributed by atoms with Crippen LogP contribution in [0.1, 0.15) is 30.5 Å². The number of aromatic nitrogens is 1. The standard InChI is InChI=1S/C13H21N3OS/c1-10-8-14-6-7-16(10)13(17)5-3-4-12-9-18-11(2)15-12/h9-10,14H,3-8H2,1-2H3. The Kier molecular flexibility index (Phi) is 4.72. The van der Waals surface area contributed by atoms with Gasteiger partial charge < -0.3 is 10.2 Å². The maximum Gasteiger partial charge on any atom is 0.222 e. The highest BCUT2D eigenvalue weighted by Crippen LogP contribution is 2.12. The number of rotatable bonds is 4. The lowest BCUT2D eigenvalue weighted by atomic mass is 10.1. The number of aryl methyl sites for hydroxylation is 2. The molecular formula is C13H21N3OS. The first-order valence-corrected chi connectivity index (χ1v) is 7.46. The molecular weight excluding hydrogens is 246 g/mol. The van der Waals surface area contributed by atoms with Gasteiger partial charge in [-0.1, -0.05) is 0 Å². The van der Waals surface area contributed by atoms with Crippen molar-refractivity contribution in [1.29, 1.82) is 0 Å². The molecule has 4 nitrogen and oxygen atoms in total. The van der Waals surface area contributed by atoms with Crippen molar-refractivity contribution in [2.75, 3.05) is 19.6 Å².